The molecule has 1 unspecified atom stereocenters. The Balaban J connectivity index is 2.26. The van der Waals surface area contributed by atoms with E-state index in [2.05, 4.69) is 25.6 Å². The highest BCUT2D eigenvalue weighted by atomic mass is 79.9. The summed E-state index contributed by atoms with van der Waals surface area (Å²) in [7, 11) is -3.56. The second kappa shape index (κ2) is 5.81. The van der Waals surface area contributed by atoms with Gasteiger partial charge < -0.3 is 0 Å². The van der Waals surface area contributed by atoms with E-state index in [0.717, 1.165) is 5.56 Å². The van der Waals surface area contributed by atoms with Crippen LogP contribution in [0.5, 0.6) is 0 Å². The predicted octanol–water partition coefficient (Wildman–Crippen LogP) is 2.88. The van der Waals surface area contributed by atoms with Crippen molar-refractivity contribution in [2.45, 2.75) is 17.9 Å². The number of nitrogens with zero attached hydrogens (tertiary/aromatic N) is 1. The van der Waals surface area contributed by atoms with Crippen LogP contribution in [0.1, 0.15) is 18.5 Å². The Hall–Kier alpha value is -1.24. The van der Waals surface area contributed by atoms with Crippen LogP contribution in [0.3, 0.4) is 0 Å². The Morgan fingerprint density at radius 1 is 1.16 bits per heavy atom. The molecule has 1 aromatic heterocycles. The van der Waals surface area contributed by atoms with Gasteiger partial charge in [-0.3, -0.25) is 4.98 Å². The Bertz CT molecular complexity index is 659. The summed E-state index contributed by atoms with van der Waals surface area (Å²) in [5.41, 5.74) is 0.866. The first-order valence-corrected chi connectivity index (χ1v) is 7.95. The molecule has 19 heavy (non-hydrogen) atoms. The van der Waals surface area contributed by atoms with Crippen molar-refractivity contribution in [1.82, 2.24) is 9.71 Å². The van der Waals surface area contributed by atoms with E-state index in [1.54, 1.807) is 55.7 Å². The number of pyridine rings is 1. The number of aromatic nitrogens is 1. The lowest BCUT2D eigenvalue weighted by atomic mass is 10.1. The maximum Gasteiger partial charge on any atom is 0.242 e. The van der Waals surface area contributed by atoms with E-state index < -0.39 is 10.0 Å². The maximum atomic E-state index is 12.3. The van der Waals surface area contributed by atoms with Gasteiger partial charge in [0, 0.05) is 22.9 Å². The smallest absolute Gasteiger partial charge is 0.242 e. The van der Waals surface area contributed by atoms with E-state index >= 15 is 0 Å². The summed E-state index contributed by atoms with van der Waals surface area (Å²) in [6, 6.07) is 9.98. The number of nitrogens with one attached hydrogen (secondary N) is 1. The molecule has 6 heteroatoms. The zero-order valence-electron chi connectivity index (χ0n) is 10.2. The van der Waals surface area contributed by atoms with Crippen LogP contribution in [0.25, 0.3) is 0 Å². The first-order chi connectivity index (χ1) is 9.00. The molecule has 0 aliphatic rings. The van der Waals surface area contributed by atoms with Gasteiger partial charge in [0.05, 0.1) is 4.90 Å². The van der Waals surface area contributed by atoms with E-state index in [0.29, 0.717) is 4.47 Å². The molecule has 100 valence electrons. The fourth-order valence-electron chi connectivity index (χ4n) is 1.68. The molecule has 0 bridgehead atoms. The maximum absolute atomic E-state index is 12.3. The summed E-state index contributed by atoms with van der Waals surface area (Å²) in [6.45, 7) is 1.80. The van der Waals surface area contributed by atoms with Crippen molar-refractivity contribution >= 4 is 26.0 Å². The van der Waals surface area contributed by atoms with Gasteiger partial charge in [0.15, 0.2) is 0 Å². The Labute approximate surface area is 121 Å². The zero-order chi connectivity index (χ0) is 13.9. The van der Waals surface area contributed by atoms with Crippen LogP contribution in [0.2, 0.25) is 0 Å². The van der Waals surface area contributed by atoms with Crippen LogP contribution in [0.4, 0.5) is 0 Å². The minimum atomic E-state index is -3.56. The summed E-state index contributed by atoms with van der Waals surface area (Å²) in [5, 5.41) is 0. The first kappa shape index (κ1) is 14.2. The van der Waals surface area contributed by atoms with Crippen LogP contribution in [0.15, 0.2) is 58.2 Å². The van der Waals surface area contributed by atoms with Gasteiger partial charge in [0.25, 0.3) is 0 Å². The minimum absolute atomic E-state index is 0.232. The normalized spacial score (nSPS) is 13.2. The number of hydrogen-bond acceptors (Lipinski definition) is 3. The number of hydrogen-bond donors (Lipinski definition) is 1. The third kappa shape index (κ3) is 3.40. The first-order valence-electron chi connectivity index (χ1n) is 5.67. The number of sulfonamides is 1. The van der Waals surface area contributed by atoms with Crippen LogP contribution < -0.4 is 4.72 Å². The van der Waals surface area contributed by atoms with E-state index in [9.17, 15) is 8.42 Å². The van der Waals surface area contributed by atoms with Crippen molar-refractivity contribution in [2.24, 2.45) is 0 Å². The molecule has 0 amide bonds. The standard InChI is InChI=1S/C13H13BrN2O2S/c1-10(11-6-8-15-9-7-11)16-19(17,18)13-5-3-2-4-12(13)14/h2-10,16H,1H3. The van der Waals surface area contributed by atoms with E-state index in [1.807, 2.05) is 0 Å². The minimum Gasteiger partial charge on any atom is -0.265 e. The lowest BCUT2D eigenvalue weighted by molar-refractivity contribution is 0.566. The SMILES string of the molecule is CC(NS(=O)(=O)c1ccccc1Br)c1ccncc1. The number of halogens is 1. The van der Waals surface area contributed by atoms with E-state index in [-0.39, 0.29) is 10.9 Å². The molecule has 1 aromatic carbocycles. The molecule has 2 rings (SSSR count). The van der Waals surface area contributed by atoms with Gasteiger partial charge in [-0.15, -0.1) is 0 Å². The van der Waals surface area contributed by atoms with Crippen LogP contribution in [0, 0.1) is 0 Å². The van der Waals surface area contributed by atoms with Crippen LogP contribution in [-0.4, -0.2) is 13.4 Å². The monoisotopic (exact) mass is 340 g/mol. The third-order valence-electron chi connectivity index (χ3n) is 2.66. The summed E-state index contributed by atoms with van der Waals surface area (Å²) in [5.74, 6) is 0. The molecule has 0 saturated heterocycles. The largest absolute Gasteiger partial charge is 0.265 e. The van der Waals surface area contributed by atoms with Crippen molar-refractivity contribution in [1.29, 1.82) is 0 Å². The molecule has 2 aromatic rings. The van der Waals surface area contributed by atoms with Crippen molar-refractivity contribution in [3.63, 3.8) is 0 Å². The van der Waals surface area contributed by atoms with Gasteiger partial charge in [-0.25, -0.2) is 13.1 Å². The molecule has 1 atom stereocenters. The molecule has 0 spiro atoms. The fourth-order valence-corrected chi connectivity index (χ4v) is 3.91. The summed E-state index contributed by atoms with van der Waals surface area (Å²) >= 11 is 3.25. The highest BCUT2D eigenvalue weighted by Crippen LogP contribution is 2.23. The molecule has 0 aliphatic carbocycles. The predicted molar refractivity (Wildman–Crippen MR) is 77.1 cm³/mol. The zero-order valence-corrected chi connectivity index (χ0v) is 12.6. The second-order valence-corrected chi connectivity index (χ2v) is 6.59. The van der Waals surface area contributed by atoms with Gasteiger partial charge in [-0.2, -0.15) is 0 Å². The molecule has 1 N–H and O–H groups in total. The van der Waals surface area contributed by atoms with Crippen molar-refractivity contribution in [2.75, 3.05) is 0 Å². The molecule has 0 fully saturated rings. The lowest BCUT2D eigenvalue weighted by Crippen LogP contribution is -2.27. The fraction of sp³-hybridized carbons (Fsp3) is 0.154. The Morgan fingerprint density at radius 3 is 2.42 bits per heavy atom. The molecule has 0 radical (unpaired) electrons. The van der Waals surface area contributed by atoms with Gasteiger partial charge in [0.1, 0.15) is 0 Å². The number of rotatable bonds is 4. The van der Waals surface area contributed by atoms with Gasteiger partial charge in [-0.05, 0) is 52.7 Å². The van der Waals surface area contributed by atoms with Gasteiger partial charge in [0.2, 0.25) is 10.0 Å². The van der Waals surface area contributed by atoms with Crippen LogP contribution in [-0.2, 0) is 10.0 Å². The molecule has 1 heterocycles. The average Bonchev–Trinajstić information content (AvgIpc) is 2.39. The second-order valence-electron chi connectivity index (χ2n) is 4.05. The summed E-state index contributed by atoms with van der Waals surface area (Å²) in [6.07, 6.45) is 3.27. The molecule has 4 nitrogen and oxygen atoms in total. The summed E-state index contributed by atoms with van der Waals surface area (Å²) in [4.78, 5) is 4.14. The quantitative estimate of drug-likeness (QED) is 0.930. The van der Waals surface area contributed by atoms with Crippen molar-refractivity contribution in [3.8, 4) is 0 Å². The van der Waals surface area contributed by atoms with Crippen molar-refractivity contribution < 1.29 is 8.42 Å². The van der Waals surface area contributed by atoms with E-state index in [4.69, 9.17) is 0 Å². The van der Waals surface area contributed by atoms with Gasteiger partial charge in [-0.1, -0.05) is 12.1 Å². The van der Waals surface area contributed by atoms with E-state index in [1.165, 1.54) is 0 Å². The van der Waals surface area contributed by atoms with Gasteiger partial charge >= 0.3 is 0 Å². The highest BCUT2D eigenvalue weighted by molar-refractivity contribution is 9.10. The van der Waals surface area contributed by atoms with Crippen LogP contribution >= 0.6 is 15.9 Å². The third-order valence-corrected chi connectivity index (χ3v) is 5.22. The lowest BCUT2D eigenvalue weighted by Gasteiger charge is -2.15. The highest BCUT2D eigenvalue weighted by Gasteiger charge is 2.20. The molecular weight excluding hydrogens is 328 g/mol. The molecule has 0 aliphatic heterocycles. The Morgan fingerprint density at radius 2 is 1.79 bits per heavy atom. The Kier molecular flexibility index (Phi) is 4.34. The summed E-state index contributed by atoms with van der Waals surface area (Å²) < 4.78 is 27.7. The topological polar surface area (TPSA) is 59.1 Å². The van der Waals surface area contributed by atoms with Crippen molar-refractivity contribution in [3.05, 3.63) is 58.8 Å². The number of benzene rings is 1. The molecular formula is C13H13BrN2O2S. The average molecular weight is 341 g/mol. The molecule has 0 saturated carbocycles.